The number of hydrogen-bond acceptors (Lipinski definition) is 5. The van der Waals surface area contributed by atoms with Crippen molar-refractivity contribution in [1.29, 1.82) is 0 Å². The molecule has 0 spiro atoms. The van der Waals surface area contributed by atoms with Gasteiger partial charge < -0.3 is 14.1 Å². The van der Waals surface area contributed by atoms with Gasteiger partial charge in [-0.1, -0.05) is 0 Å². The van der Waals surface area contributed by atoms with Crippen LogP contribution in [0.25, 0.3) is 11.0 Å². The molecule has 0 radical (unpaired) electrons. The summed E-state index contributed by atoms with van der Waals surface area (Å²) in [5.74, 6) is 0.278. The van der Waals surface area contributed by atoms with Crippen LogP contribution in [0.4, 0.5) is 8.78 Å². The van der Waals surface area contributed by atoms with Crippen LogP contribution in [-0.4, -0.2) is 22.9 Å². The molecule has 3 rings (SSSR count). The van der Waals surface area contributed by atoms with Crippen LogP contribution in [0.15, 0.2) is 45.0 Å². The molecule has 0 saturated heterocycles. The SMILES string of the molecule is O=Cc1ccc(Sc2nc3ccc(OC(F)F)cc3[nH]2)o1. The van der Waals surface area contributed by atoms with E-state index in [1.165, 1.54) is 23.9 Å². The van der Waals surface area contributed by atoms with E-state index < -0.39 is 6.61 Å². The topological polar surface area (TPSA) is 68.1 Å². The number of alkyl halides is 2. The first-order valence-electron chi connectivity index (χ1n) is 5.81. The summed E-state index contributed by atoms with van der Waals surface area (Å²) in [5, 5.41) is 1.02. The predicted molar refractivity (Wildman–Crippen MR) is 70.9 cm³/mol. The highest BCUT2D eigenvalue weighted by atomic mass is 32.2. The van der Waals surface area contributed by atoms with E-state index in [4.69, 9.17) is 4.42 Å². The number of furan rings is 1. The number of aromatic amines is 1. The molecule has 108 valence electrons. The Bertz CT molecular complexity index is 785. The monoisotopic (exact) mass is 310 g/mol. The van der Waals surface area contributed by atoms with Crippen LogP contribution in [0.5, 0.6) is 5.75 Å². The van der Waals surface area contributed by atoms with Crippen LogP contribution >= 0.6 is 11.8 Å². The lowest BCUT2D eigenvalue weighted by molar-refractivity contribution is -0.0497. The van der Waals surface area contributed by atoms with Gasteiger partial charge in [0.25, 0.3) is 0 Å². The summed E-state index contributed by atoms with van der Waals surface area (Å²) in [6, 6.07) is 7.63. The summed E-state index contributed by atoms with van der Waals surface area (Å²) >= 11 is 1.19. The molecule has 8 heteroatoms. The molecule has 1 N–H and O–H groups in total. The quantitative estimate of drug-likeness (QED) is 0.727. The molecule has 0 aliphatic rings. The molecule has 3 aromatic rings. The minimum absolute atomic E-state index is 0.0546. The number of hydrogen-bond donors (Lipinski definition) is 1. The summed E-state index contributed by atoms with van der Waals surface area (Å²) in [6.45, 7) is -2.87. The molecule has 0 aliphatic carbocycles. The van der Waals surface area contributed by atoms with Crippen LogP contribution in [0, 0.1) is 0 Å². The fraction of sp³-hybridized carbons (Fsp3) is 0.0769. The Labute approximate surface area is 121 Å². The van der Waals surface area contributed by atoms with Gasteiger partial charge in [0, 0.05) is 6.07 Å². The first-order chi connectivity index (χ1) is 10.1. The lowest BCUT2D eigenvalue weighted by atomic mass is 10.3. The van der Waals surface area contributed by atoms with Gasteiger partial charge in [-0.2, -0.15) is 8.78 Å². The first kappa shape index (κ1) is 13.6. The molecular weight excluding hydrogens is 302 g/mol. The normalized spacial score (nSPS) is 11.2. The third-order valence-corrected chi connectivity index (χ3v) is 3.38. The molecule has 0 bridgehead atoms. The van der Waals surface area contributed by atoms with E-state index in [-0.39, 0.29) is 11.5 Å². The maximum atomic E-state index is 12.2. The molecule has 0 amide bonds. The highest BCUT2D eigenvalue weighted by Gasteiger charge is 2.10. The van der Waals surface area contributed by atoms with Crippen molar-refractivity contribution >= 4 is 29.1 Å². The number of fused-ring (bicyclic) bond motifs is 1. The van der Waals surface area contributed by atoms with Crippen LogP contribution in [0.3, 0.4) is 0 Å². The van der Waals surface area contributed by atoms with E-state index >= 15 is 0 Å². The number of ether oxygens (including phenoxy) is 1. The smallest absolute Gasteiger partial charge is 0.387 e. The Balaban J connectivity index is 1.84. The number of aromatic nitrogens is 2. The van der Waals surface area contributed by atoms with Gasteiger partial charge in [-0.3, -0.25) is 4.79 Å². The highest BCUT2D eigenvalue weighted by Crippen LogP contribution is 2.29. The number of benzene rings is 1. The number of nitrogens with zero attached hydrogens (tertiary/aromatic N) is 1. The van der Waals surface area contributed by atoms with E-state index in [2.05, 4.69) is 14.7 Å². The Hall–Kier alpha value is -2.35. The Morgan fingerprint density at radius 3 is 2.90 bits per heavy atom. The third-order valence-electron chi connectivity index (χ3n) is 2.57. The minimum atomic E-state index is -2.87. The summed E-state index contributed by atoms with van der Waals surface area (Å²) in [5.41, 5.74) is 1.18. The number of aldehydes is 1. The maximum absolute atomic E-state index is 12.2. The molecule has 5 nitrogen and oxygen atoms in total. The Morgan fingerprint density at radius 2 is 2.19 bits per heavy atom. The summed E-state index contributed by atoms with van der Waals surface area (Å²) in [6.07, 6.45) is 0.608. The van der Waals surface area contributed by atoms with E-state index in [9.17, 15) is 13.6 Å². The minimum Gasteiger partial charge on any atom is -0.447 e. The fourth-order valence-corrected chi connectivity index (χ4v) is 2.51. The molecule has 0 fully saturated rings. The standard InChI is InChI=1S/C13H8F2N2O3S/c14-12(15)20-7-1-3-9-10(5-7)17-13(16-9)21-11-4-2-8(6-18)19-11/h1-6,12H,(H,16,17). The molecule has 2 heterocycles. The van der Waals surface area contributed by atoms with Gasteiger partial charge in [0.2, 0.25) is 0 Å². The van der Waals surface area contributed by atoms with Crippen LogP contribution in [0.1, 0.15) is 10.6 Å². The largest absolute Gasteiger partial charge is 0.447 e. The van der Waals surface area contributed by atoms with E-state index in [0.29, 0.717) is 27.6 Å². The number of carbonyl (C=O) groups excluding carboxylic acids is 1. The first-order valence-corrected chi connectivity index (χ1v) is 6.63. The molecule has 0 unspecified atom stereocenters. The number of carbonyl (C=O) groups is 1. The highest BCUT2D eigenvalue weighted by molar-refractivity contribution is 7.99. The average Bonchev–Trinajstić information content (AvgIpc) is 3.04. The van der Waals surface area contributed by atoms with E-state index in [0.717, 1.165) is 0 Å². The van der Waals surface area contributed by atoms with Crippen molar-refractivity contribution in [3.8, 4) is 5.75 Å². The lowest BCUT2D eigenvalue weighted by Gasteiger charge is -2.02. The molecule has 2 aromatic heterocycles. The van der Waals surface area contributed by atoms with Crippen LogP contribution in [0.2, 0.25) is 0 Å². The maximum Gasteiger partial charge on any atom is 0.387 e. The van der Waals surface area contributed by atoms with Gasteiger partial charge in [0.05, 0.1) is 11.0 Å². The summed E-state index contributed by atoms with van der Waals surface area (Å²) in [4.78, 5) is 17.8. The number of halogens is 2. The molecule has 0 saturated carbocycles. The molecule has 21 heavy (non-hydrogen) atoms. The number of nitrogens with one attached hydrogen (secondary N) is 1. The van der Waals surface area contributed by atoms with Gasteiger partial charge in [0.15, 0.2) is 22.3 Å². The van der Waals surface area contributed by atoms with Crippen LogP contribution in [-0.2, 0) is 0 Å². The lowest BCUT2D eigenvalue weighted by Crippen LogP contribution is -2.01. The second-order valence-corrected chi connectivity index (χ2v) is 4.97. The summed E-state index contributed by atoms with van der Waals surface area (Å²) < 4.78 is 33.9. The number of imidazole rings is 1. The number of rotatable bonds is 5. The molecule has 0 aliphatic heterocycles. The predicted octanol–water partition coefficient (Wildman–Crippen LogP) is 3.72. The van der Waals surface area contributed by atoms with Gasteiger partial charge in [0.1, 0.15) is 5.75 Å². The zero-order valence-corrected chi connectivity index (χ0v) is 11.2. The molecular formula is C13H8F2N2O3S. The zero-order valence-electron chi connectivity index (χ0n) is 10.4. The Morgan fingerprint density at radius 1 is 1.33 bits per heavy atom. The molecule has 1 aromatic carbocycles. The second kappa shape index (κ2) is 5.57. The molecule has 0 atom stereocenters. The number of H-pyrrole nitrogens is 1. The second-order valence-electron chi connectivity index (χ2n) is 3.98. The van der Waals surface area contributed by atoms with Crippen molar-refractivity contribution < 1.29 is 22.7 Å². The van der Waals surface area contributed by atoms with Crippen molar-refractivity contribution in [3.05, 3.63) is 36.1 Å². The van der Waals surface area contributed by atoms with E-state index in [1.807, 2.05) is 0 Å². The zero-order chi connectivity index (χ0) is 14.8. The third kappa shape index (κ3) is 3.05. The fourth-order valence-electron chi connectivity index (χ4n) is 1.74. The van der Waals surface area contributed by atoms with Crippen molar-refractivity contribution in [2.75, 3.05) is 0 Å². The van der Waals surface area contributed by atoms with Crippen molar-refractivity contribution in [3.63, 3.8) is 0 Å². The summed E-state index contributed by atoms with van der Waals surface area (Å²) in [7, 11) is 0. The van der Waals surface area contributed by atoms with Crippen molar-refractivity contribution in [2.45, 2.75) is 16.9 Å². The van der Waals surface area contributed by atoms with Crippen molar-refractivity contribution in [1.82, 2.24) is 9.97 Å². The van der Waals surface area contributed by atoms with Gasteiger partial charge in [-0.15, -0.1) is 0 Å². The van der Waals surface area contributed by atoms with E-state index in [1.54, 1.807) is 18.2 Å². The Kier molecular flexibility index (Phi) is 3.61. The van der Waals surface area contributed by atoms with Gasteiger partial charge in [-0.25, -0.2) is 4.98 Å². The van der Waals surface area contributed by atoms with Crippen LogP contribution < -0.4 is 4.74 Å². The van der Waals surface area contributed by atoms with Gasteiger partial charge >= 0.3 is 6.61 Å². The van der Waals surface area contributed by atoms with Gasteiger partial charge in [-0.05, 0) is 36.0 Å². The van der Waals surface area contributed by atoms with Crippen molar-refractivity contribution in [2.24, 2.45) is 0 Å². The average molecular weight is 310 g/mol.